The van der Waals surface area contributed by atoms with Gasteiger partial charge in [-0.25, -0.2) is 0 Å². The van der Waals surface area contributed by atoms with Gasteiger partial charge in [0.15, 0.2) is 0 Å². The lowest BCUT2D eigenvalue weighted by atomic mass is 9.92. The molecule has 2 aliphatic rings. The summed E-state index contributed by atoms with van der Waals surface area (Å²) in [5.74, 6) is 0.756. The first kappa shape index (κ1) is 17.5. The largest absolute Gasteiger partial charge is 0.328 e. The molecule has 3 rings (SSSR count). The topological polar surface area (TPSA) is 38.0 Å². The van der Waals surface area contributed by atoms with Crippen molar-refractivity contribution < 1.29 is 0 Å². The first-order valence-corrected chi connectivity index (χ1v) is 8.89. The standard InChI is InChI=1S/C15H22N2.C5H12/c16-12-6-8-13(9-7-12)17-15-10-14(15)11-4-2-1-3-5-11;1-5(2,3)4/h1-5,12-15,17H,6-10,16H2;1-4H3/t12?,13?,14-,15+;/m0./s1. The molecule has 0 spiro atoms. The van der Waals surface area contributed by atoms with Crippen molar-refractivity contribution in [2.45, 2.75) is 83.8 Å². The Kier molecular flexibility index (Phi) is 6.05. The summed E-state index contributed by atoms with van der Waals surface area (Å²) in [6.07, 6.45) is 6.23. The van der Waals surface area contributed by atoms with E-state index in [1.807, 2.05) is 0 Å². The highest BCUT2D eigenvalue weighted by Gasteiger charge is 2.39. The third kappa shape index (κ3) is 6.50. The average Bonchev–Trinajstić information content (AvgIpc) is 3.20. The molecule has 2 nitrogen and oxygen atoms in total. The quantitative estimate of drug-likeness (QED) is 0.865. The number of benzene rings is 1. The minimum Gasteiger partial charge on any atom is -0.328 e. The third-order valence-corrected chi connectivity index (χ3v) is 4.24. The second-order valence-corrected chi connectivity index (χ2v) is 8.64. The molecule has 0 unspecified atom stereocenters. The summed E-state index contributed by atoms with van der Waals surface area (Å²) >= 11 is 0. The normalized spacial score (nSPS) is 31.1. The van der Waals surface area contributed by atoms with E-state index in [2.05, 4.69) is 63.3 Å². The molecule has 0 bridgehead atoms. The van der Waals surface area contributed by atoms with Gasteiger partial charge in [0.1, 0.15) is 0 Å². The lowest BCUT2D eigenvalue weighted by Crippen LogP contribution is -2.38. The lowest BCUT2D eigenvalue weighted by Gasteiger charge is -2.27. The molecular weight excluding hydrogens is 268 g/mol. The van der Waals surface area contributed by atoms with Crippen molar-refractivity contribution >= 4 is 0 Å². The maximum Gasteiger partial charge on any atom is 0.0145 e. The van der Waals surface area contributed by atoms with Crippen LogP contribution in [0.5, 0.6) is 0 Å². The van der Waals surface area contributed by atoms with Crippen molar-refractivity contribution in [1.29, 1.82) is 0 Å². The van der Waals surface area contributed by atoms with Crippen molar-refractivity contribution in [2.75, 3.05) is 0 Å². The van der Waals surface area contributed by atoms with Crippen LogP contribution in [0, 0.1) is 5.41 Å². The van der Waals surface area contributed by atoms with Gasteiger partial charge in [-0.3, -0.25) is 0 Å². The summed E-state index contributed by atoms with van der Waals surface area (Å²) in [6.45, 7) is 8.75. The van der Waals surface area contributed by atoms with E-state index < -0.39 is 0 Å². The molecule has 0 saturated heterocycles. The van der Waals surface area contributed by atoms with Gasteiger partial charge < -0.3 is 11.1 Å². The van der Waals surface area contributed by atoms with Crippen molar-refractivity contribution in [3.63, 3.8) is 0 Å². The summed E-state index contributed by atoms with van der Waals surface area (Å²) in [7, 11) is 0. The third-order valence-electron chi connectivity index (χ3n) is 4.24. The van der Waals surface area contributed by atoms with Crippen LogP contribution < -0.4 is 11.1 Å². The fraction of sp³-hybridized carbons (Fsp3) is 0.700. The summed E-state index contributed by atoms with van der Waals surface area (Å²) < 4.78 is 0. The molecule has 2 fully saturated rings. The van der Waals surface area contributed by atoms with E-state index in [0.29, 0.717) is 17.5 Å². The molecule has 1 aromatic rings. The molecule has 2 atom stereocenters. The molecule has 22 heavy (non-hydrogen) atoms. The van der Waals surface area contributed by atoms with Gasteiger partial charge in [0, 0.05) is 24.0 Å². The average molecular weight is 303 g/mol. The van der Waals surface area contributed by atoms with E-state index in [1.165, 1.54) is 37.7 Å². The van der Waals surface area contributed by atoms with Gasteiger partial charge >= 0.3 is 0 Å². The van der Waals surface area contributed by atoms with Crippen molar-refractivity contribution in [3.8, 4) is 0 Å². The van der Waals surface area contributed by atoms with Crippen LogP contribution in [-0.4, -0.2) is 18.1 Å². The number of nitrogens with two attached hydrogens (primary N) is 1. The molecule has 0 aliphatic heterocycles. The second-order valence-electron chi connectivity index (χ2n) is 8.64. The van der Waals surface area contributed by atoms with E-state index in [0.717, 1.165) is 12.0 Å². The van der Waals surface area contributed by atoms with Crippen LogP contribution in [0.3, 0.4) is 0 Å². The van der Waals surface area contributed by atoms with Gasteiger partial charge in [-0.15, -0.1) is 0 Å². The molecular formula is C20H34N2. The van der Waals surface area contributed by atoms with Gasteiger partial charge in [0.2, 0.25) is 0 Å². The molecule has 2 heteroatoms. The molecule has 3 N–H and O–H groups in total. The fourth-order valence-electron chi connectivity index (χ4n) is 3.04. The summed E-state index contributed by atoms with van der Waals surface area (Å²) in [4.78, 5) is 0. The highest BCUT2D eigenvalue weighted by molar-refractivity contribution is 5.27. The first-order chi connectivity index (χ1) is 10.3. The fourth-order valence-corrected chi connectivity index (χ4v) is 3.04. The van der Waals surface area contributed by atoms with Gasteiger partial charge in [0.05, 0.1) is 0 Å². The number of nitrogens with one attached hydrogen (secondary N) is 1. The Labute approximate surface area is 136 Å². The second kappa shape index (κ2) is 7.61. The maximum atomic E-state index is 5.93. The molecule has 0 heterocycles. The van der Waals surface area contributed by atoms with Crippen molar-refractivity contribution in [1.82, 2.24) is 5.32 Å². The Morgan fingerprint density at radius 2 is 1.50 bits per heavy atom. The molecule has 124 valence electrons. The molecule has 2 aliphatic carbocycles. The van der Waals surface area contributed by atoms with Gasteiger partial charge in [-0.1, -0.05) is 58.0 Å². The van der Waals surface area contributed by atoms with E-state index in [4.69, 9.17) is 5.73 Å². The van der Waals surface area contributed by atoms with Crippen LogP contribution in [0.4, 0.5) is 0 Å². The predicted molar refractivity (Wildman–Crippen MR) is 96.1 cm³/mol. The van der Waals surface area contributed by atoms with Crippen LogP contribution in [0.15, 0.2) is 30.3 Å². The Balaban J connectivity index is 0.000000309. The zero-order valence-electron chi connectivity index (χ0n) is 14.8. The first-order valence-electron chi connectivity index (χ1n) is 8.89. The van der Waals surface area contributed by atoms with Gasteiger partial charge in [0.25, 0.3) is 0 Å². The predicted octanol–water partition coefficient (Wildman–Crippen LogP) is 4.45. The Hall–Kier alpha value is -0.860. The number of hydrogen-bond donors (Lipinski definition) is 2. The van der Waals surface area contributed by atoms with Crippen LogP contribution in [-0.2, 0) is 0 Å². The van der Waals surface area contributed by atoms with Crippen molar-refractivity contribution in [3.05, 3.63) is 35.9 Å². The van der Waals surface area contributed by atoms with Crippen LogP contribution >= 0.6 is 0 Å². The van der Waals surface area contributed by atoms with Crippen LogP contribution in [0.2, 0.25) is 0 Å². The maximum absolute atomic E-state index is 5.93. The molecule has 1 aromatic carbocycles. The van der Waals surface area contributed by atoms with E-state index >= 15 is 0 Å². The summed E-state index contributed by atoms with van der Waals surface area (Å²) in [5.41, 5.74) is 7.93. The lowest BCUT2D eigenvalue weighted by molar-refractivity contribution is 0.339. The molecule has 0 amide bonds. The smallest absolute Gasteiger partial charge is 0.0145 e. The Morgan fingerprint density at radius 3 is 2.05 bits per heavy atom. The zero-order valence-corrected chi connectivity index (χ0v) is 14.8. The minimum atomic E-state index is 0.456. The minimum absolute atomic E-state index is 0.456. The molecule has 0 radical (unpaired) electrons. The Bertz CT molecular complexity index is 421. The van der Waals surface area contributed by atoms with E-state index in [-0.39, 0.29) is 0 Å². The monoisotopic (exact) mass is 302 g/mol. The van der Waals surface area contributed by atoms with Crippen molar-refractivity contribution in [2.24, 2.45) is 11.1 Å². The van der Waals surface area contributed by atoms with Gasteiger partial charge in [-0.2, -0.15) is 0 Å². The SMILES string of the molecule is CC(C)(C)C.NC1CCC(N[C@@H]2C[C@H]2c2ccccc2)CC1. The Morgan fingerprint density at radius 1 is 0.955 bits per heavy atom. The van der Waals surface area contributed by atoms with E-state index in [9.17, 15) is 0 Å². The number of hydrogen-bond acceptors (Lipinski definition) is 2. The number of rotatable bonds is 3. The van der Waals surface area contributed by atoms with Crippen LogP contribution in [0.1, 0.15) is 71.3 Å². The van der Waals surface area contributed by atoms with E-state index in [1.54, 1.807) is 0 Å². The highest BCUT2D eigenvalue weighted by atomic mass is 15.0. The zero-order chi connectivity index (χ0) is 16.2. The highest BCUT2D eigenvalue weighted by Crippen LogP contribution is 2.41. The van der Waals surface area contributed by atoms with Gasteiger partial charge in [-0.05, 0) is 43.1 Å². The molecule has 0 aromatic heterocycles. The van der Waals surface area contributed by atoms with Crippen LogP contribution in [0.25, 0.3) is 0 Å². The summed E-state index contributed by atoms with van der Waals surface area (Å²) in [6, 6.07) is 12.8. The molecule has 2 saturated carbocycles. The summed E-state index contributed by atoms with van der Waals surface area (Å²) in [5, 5.41) is 3.81.